The molecule has 0 spiro atoms. The zero-order chi connectivity index (χ0) is 15.8. The highest BCUT2D eigenvalue weighted by Gasteiger charge is 2.16. The molecular weight excluding hydrogens is 282 g/mol. The van der Waals surface area contributed by atoms with Crippen LogP contribution in [0.1, 0.15) is 44.9 Å². The fourth-order valence-electron chi connectivity index (χ4n) is 2.88. The van der Waals surface area contributed by atoms with E-state index in [4.69, 9.17) is 0 Å². The molecule has 1 aliphatic rings. The van der Waals surface area contributed by atoms with Gasteiger partial charge >= 0.3 is 0 Å². The normalized spacial score (nSPS) is 16.5. The Labute approximate surface area is 130 Å². The molecule has 0 aromatic heterocycles. The highest BCUT2D eigenvalue weighted by molar-refractivity contribution is 5.91. The lowest BCUT2D eigenvalue weighted by atomic mass is 9.97. The van der Waals surface area contributed by atoms with E-state index in [9.17, 15) is 14.9 Å². The molecule has 6 heteroatoms. The summed E-state index contributed by atoms with van der Waals surface area (Å²) >= 11 is 0. The third-order valence-electron chi connectivity index (χ3n) is 4.15. The lowest BCUT2D eigenvalue weighted by molar-refractivity contribution is -0.680. The van der Waals surface area contributed by atoms with Crippen LogP contribution in [-0.4, -0.2) is 23.4 Å². The van der Waals surface area contributed by atoms with E-state index in [1.165, 1.54) is 57.1 Å². The van der Waals surface area contributed by atoms with Gasteiger partial charge in [0.2, 0.25) is 0 Å². The molecule has 120 valence electrons. The predicted octanol–water partition coefficient (Wildman–Crippen LogP) is 2.21. The molecule has 0 unspecified atom stereocenters. The molecule has 0 radical (unpaired) electrons. The summed E-state index contributed by atoms with van der Waals surface area (Å²) in [6.45, 7) is 0.404. The third kappa shape index (κ3) is 5.44. The van der Waals surface area contributed by atoms with Gasteiger partial charge in [-0.2, -0.15) is 0 Å². The van der Waals surface area contributed by atoms with Gasteiger partial charge in [-0.05, 0) is 37.8 Å². The van der Waals surface area contributed by atoms with Gasteiger partial charge in [0.25, 0.3) is 11.6 Å². The van der Waals surface area contributed by atoms with E-state index < -0.39 is 4.92 Å². The van der Waals surface area contributed by atoms with Crippen molar-refractivity contribution >= 4 is 17.3 Å². The third-order valence-corrected chi connectivity index (χ3v) is 4.15. The van der Waals surface area contributed by atoms with E-state index in [-0.39, 0.29) is 11.6 Å². The molecule has 1 aromatic rings. The summed E-state index contributed by atoms with van der Waals surface area (Å²) < 4.78 is 0. The van der Waals surface area contributed by atoms with Crippen molar-refractivity contribution < 1.29 is 15.0 Å². The van der Waals surface area contributed by atoms with Crippen molar-refractivity contribution in [2.24, 2.45) is 0 Å². The molecule has 0 aliphatic heterocycles. The summed E-state index contributed by atoms with van der Waals surface area (Å²) in [6.07, 6.45) is 8.83. The average molecular weight is 306 g/mol. The van der Waals surface area contributed by atoms with Crippen LogP contribution in [0.3, 0.4) is 0 Å². The first kappa shape index (κ1) is 16.4. The topological polar surface area (TPSA) is 88.8 Å². The first-order valence-electron chi connectivity index (χ1n) is 8.03. The van der Waals surface area contributed by atoms with Crippen LogP contribution < -0.4 is 10.6 Å². The first-order valence-corrected chi connectivity index (χ1v) is 8.03. The highest BCUT2D eigenvalue weighted by Crippen LogP contribution is 2.16. The molecule has 1 amide bonds. The van der Waals surface area contributed by atoms with Crippen LogP contribution in [0.2, 0.25) is 0 Å². The number of quaternary nitrogens is 1. The fraction of sp³-hybridized carbons (Fsp3) is 0.562. The number of benzene rings is 1. The Kier molecular flexibility index (Phi) is 6.33. The van der Waals surface area contributed by atoms with E-state index in [2.05, 4.69) is 10.6 Å². The van der Waals surface area contributed by atoms with Crippen LogP contribution in [0.15, 0.2) is 24.3 Å². The van der Waals surface area contributed by atoms with Gasteiger partial charge in [-0.25, -0.2) is 0 Å². The van der Waals surface area contributed by atoms with E-state index in [1.54, 1.807) is 12.1 Å². The summed E-state index contributed by atoms with van der Waals surface area (Å²) in [5.74, 6) is -0.0593. The van der Waals surface area contributed by atoms with Gasteiger partial charge in [-0.1, -0.05) is 19.3 Å². The van der Waals surface area contributed by atoms with Gasteiger partial charge in [0.15, 0.2) is 6.54 Å². The lowest BCUT2D eigenvalue weighted by Gasteiger charge is -2.18. The number of anilines is 1. The molecule has 3 N–H and O–H groups in total. The van der Waals surface area contributed by atoms with E-state index in [0.717, 1.165) is 0 Å². The van der Waals surface area contributed by atoms with Crippen LogP contribution in [0.5, 0.6) is 0 Å². The standard InChI is InChI=1S/C16H23N3O3/c20-16(12-17-13-6-4-2-1-3-5-7-13)18-14-8-10-15(11-9-14)19(21)22/h8-11,13,17H,1-7,12H2,(H,18,20)/p+1. The number of nitrogens with zero attached hydrogens (tertiary/aromatic N) is 1. The maximum atomic E-state index is 12.0. The number of nitro benzene ring substituents is 1. The Bertz CT molecular complexity index is 494. The Morgan fingerprint density at radius 1 is 1.14 bits per heavy atom. The fourth-order valence-corrected chi connectivity index (χ4v) is 2.88. The molecule has 1 fully saturated rings. The number of hydrogen-bond donors (Lipinski definition) is 2. The summed E-state index contributed by atoms with van der Waals surface area (Å²) in [4.78, 5) is 22.1. The molecule has 0 atom stereocenters. The SMILES string of the molecule is O=C(C[NH2+]C1CCCCCCC1)Nc1ccc([N+](=O)[O-])cc1. The Hall–Kier alpha value is -1.95. The molecule has 1 saturated carbocycles. The number of amides is 1. The first-order chi connectivity index (χ1) is 10.6. The quantitative estimate of drug-likeness (QED) is 0.645. The Morgan fingerprint density at radius 2 is 1.73 bits per heavy atom. The van der Waals surface area contributed by atoms with Crippen molar-refractivity contribution in [1.29, 1.82) is 0 Å². The number of carbonyl (C=O) groups excluding carboxylic acids is 1. The van der Waals surface area contributed by atoms with Crippen LogP contribution >= 0.6 is 0 Å². The largest absolute Gasteiger partial charge is 0.336 e. The zero-order valence-electron chi connectivity index (χ0n) is 12.8. The summed E-state index contributed by atoms with van der Waals surface area (Å²) in [7, 11) is 0. The number of carbonyl (C=O) groups is 1. The van der Waals surface area contributed by atoms with E-state index in [0.29, 0.717) is 18.3 Å². The van der Waals surface area contributed by atoms with Crippen molar-refractivity contribution in [1.82, 2.24) is 0 Å². The summed E-state index contributed by atoms with van der Waals surface area (Å²) in [5.41, 5.74) is 0.626. The van der Waals surface area contributed by atoms with Gasteiger partial charge in [0, 0.05) is 17.8 Å². The van der Waals surface area contributed by atoms with Crippen LogP contribution in [-0.2, 0) is 4.79 Å². The van der Waals surface area contributed by atoms with Crippen molar-refractivity contribution in [3.63, 3.8) is 0 Å². The van der Waals surface area contributed by atoms with Crippen molar-refractivity contribution in [3.05, 3.63) is 34.4 Å². The molecule has 1 aromatic carbocycles. The monoisotopic (exact) mass is 306 g/mol. The number of nitro groups is 1. The maximum Gasteiger partial charge on any atom is 0.279 e. The molecule has 0 bridgehead atoms. The molecule has 0 heterocycles. The Morgan fingerprint density at radius 3 is 2.32 bits per heavy atom. The Balaban J connectivity index is 1.75. The lowest BCUT2D eigenvalue weighted by Crippen LogP contribution is -2.91. The molecule has 22 heavy (non-hydrogen) atoms. The number of rotatable bonds is 5. The van der Waals surface area contributed by atoms with Crippen molar-refractivity contribution in [2.75, 3.05) is 11.9 Å². The van der Waals surface area contributed by atoms with Gasteiger partial charge in [-0.3, -0.25) is 14.9 Å². The minimum atomic E-state index is -0.450. The van der Waals surface area contributed by atoms with Crippen molar-refractivity contribution in [2.45, 2.75) is 51.0 Å². The smallest absolute Gasteiger partial charge is 0.279 e. The molecule has 1 aliphatic carbocycles. The molecule has 0 saturated heterocycles. The second-order valence-electron chi connectivity index (χ2n) is 5.90. The minimum absolute atomic E-state index is 0.0269. The highest BCUT2D eigenvalue weighted by atomic mass is 16.6. The second kappa shape index (κ2) is 8.48. The average Bonchev–Trinajstić information content (AvgIpc) is 2.46. The van der Waals surface area contributed by atoms with Crippen LogP contribution in [0.25, 0.3) is 0 Å². The van der Waals surface area contributed by atoms with Crippen LogP contribution in [0.4, 0.5) is 11.4 Å². The van der Waals surface area contributed by atoms with Crippen molar-refractivity contribution in [3.8, 4) is 0 Å². The number of nitrogens with one attached hydrogen (secondary N) is 1. The van der Waals surface area contributed by atoms with E-state index >= 15 is 0 Å². The van der Waals surface area contributed by atoms with Gasteiger partial charge in [0.05, 0.1) is 11.0 Å². The maximum absolute atomic E-state index is 12.0. The molecule has 2 rings (SSSR count). The second-order valence-corrected chi connectivity index (χ2v) is 5.90. The minimum Gasteiger partial charge on any atom is -0.336 e. The summed E-state index contributed by atoms with van der Waals surface area (Å²) in [5, 5.41) is 15.5. The predicted molar refractivity (Wildman–Crippen MR) is 84.6 cm³/mol. The number of nitrogens with two attached hydrogens (primary N) is 1. The van der Waals surface area contributed by atoms with Gasteiger partial charge in [0.1, 0.15) is 0 Å². The zero-order valence-corrected chi connectivity index (χ0v) is 12.8. The molecule has 6 nitrogen and oxygen atoms in total. The number of hydrogen-bond acceptors (Lipinski definition) is 3. The van der Waals surface area contributed by atoms with Crippen LogP contribution in [0, 0.1) is 10.1 Å². The summed E-state index contributed by atoms with van der Waals surface area (Å²) in [6, 6.07) is 6.46. The van der Waals surface area contributed by atoms with E-state index in [1.807, 2.05) is 0 Å². The van der Waals surface area contributed by atoms with Gasteiger partial charge in [-0.15, -0.1) is 0 Å². The van der Waals surface area contributed by atoms with Gasteiger partial charge < -0.3 is 10.6 Å². The molecular formula is C16H24N3O3+. The number of non-ortho nitro benzene ring substituents is 1.